The normalized spacial score (nSPS) is 10.7. The largest absolute Gasteiger partial charge is 0.357 e. The van der Waals surface area contributed by atoms with Crippen LogP contribution in [0.3, 0.4) is 0 Å². The fourth-order valence-electron chi connectivity index (χ4n) is 1.11. The van der Waals surface area contributed by atoms with Crippen molar-refractivity contribution in [2.75, 3.05) is 0 Å². The zero-order chi connectivity index (χ0) is 15.2. The molecule has 108 valence electrons. The van der Waals surface area contributed by atoms with Gasteiger partial charge in [0, 0.05) is 9.50 Å². The van der Waals surface area contributed by atoms with Crippen LogP contribution in [0.5, 0.6) is 0 Å². The molecule has 0 aliphatic carbocycles. The highest BCUT2D eigenvalue weighted by Gasteiger charge is 2.14. The summed E-state index contributed by atoms with van der Waals surface area (Å²) in [7, 11) is -4.94. The molecule has 0 amide bonds. The van der Waals surface area contributed by atoms with Crippen LogP contribution in [0.2, 0.25) is 5.02 Å². The van der Waals surface area contributed by atoms with Gasteiger partial charge in [-0.15, -0.1) is 10.2 Å². The van der Waals surface area contributed by atoms with Gasteiger partial charge in [0.1, 0.15) is 0 Å². The van der Waals surface area contributed by atoms with Crippen molar-refractivity contribution in [3.05, 3.63) is 65.2 Å². The lowest BCUT2D eigenvalue weighted by Crippen LogP contribution is -3.61. The first kappa shape index (κ1) is 18.1. The molecule has 2 aromatic carbocycles. The first-order valence-corrected chi connectivity index (χ1v) is 9.58. The highest BCUT2D eigenvalue weighted by molar-refractivity contribution is 9.10. The highest BCUT2D eigenvalue weighted by Crippen LogP contribution is 2.06. The molecule has 20 heavy (non-hydrogen) atoms. The second-order valence-corrected chi connectivity index (χ2v) is 8.48. The maximum atomic E-state index is 8.49. The predicted octanol–water partition coefficient (Wildman–Crippen LogP) is -3.53. The molecule has 0 saturated heterocycles. The van der Waals surface area contributed by atoms with Gasteiger partial charge in [0.05, 0.1) is 0 Å². The second kappa shape index (κ2) is 8.50. The molecule has 0 aliphatic rings. The van der Waals surface area contributed by atoms with Crippen LogP contribution in [0.25, 0.3) is 0 Å². The maximum Gasteiger partial charge on any atom is 0.357 e. The van der Waals surface area contributed by atoms with Gasteiger partial charge in [-0.25, -0.2) is 18.6 Å². The van der Waals surface area contributed by atoms with Crippen molar-refractivity contribution in [3.8, 4) is 0 Å². The molecule has 0 radical (unpaired) electrons. The van der Waals surface area contributed by atoms with Crippen LogP contribution in [0.1, 0.15) is 0 Å². The monoisotopic (exact) mass is 492 g/mol. The average Bonchev–Trinajstić information content (AvgIpc) is 2.33. The van der Waals surface area contributed by atoms with Gasteiger partial charge >= 0.3 is 21.2 Å². The summed E-state index contributed by atoms with van der Waals surface area (Å²) in [5, 5.41) is 0.804. The number of rotatable bonds is 2. The van der Waals surface area contributed by atoms with Crippen molar-refractivity contribution in [3.63, 3.8) is 0 Å². The number of halogens is 4. The van der Waals surface area contributed by atoms with Crippen molar-refractivity contribution < 1.29 is 50.1 Å². The molecule has 0 heterocycles. The molecular weight excluding hydrogens is 486 g/mol. The second-order valence-electron chi connectivity index (χ2n) is 3.35. The Hall–Kier alpha value is 0.0700. The Balaban J connectivity index is 0.000000347. The Morgan fingerprint density at radius 3 is 1.55 bits per heavy atom. The van der Waals surface area contributed by atoms with E-state index in [0.29, 0.717) is 0 Å². The van der Waals surface area contributed by atoms with Gasteiger partial charge in [-0.05, 0) is 48.5 Å². The SMILES string of the molecule is Clc1ccc([I+]c2ccc(Br)cc2)cc1.[O-][Cl+3]([O-])([O-])[O-]. The van der Waals surface area contributed by atoms with Crippen molar-refractivity contribution in [1.82, 2.24) is 0 Å². The molecule has 0 spiro atoms. The fraction of sp³-hybridized carbons (Fsp3) is 0. The quantitative estimate of drug-likeness (QED) is 0.406. The Morgan fingerprint density at radius 1 is 0.800 bits per heavy atom. The lowest BCUT2D eigenvalue weighted by Gasteiger charge is -2.17. The Morgan fingerprint density at radius 2 is 1.15 bits per heavy atom. The zero-order valence-electron chi connectivity index (χ0n) is 9.76. The van der Waals surface area contributed by atoms with E-state index in [1.54, 1.807) is 0 Å². The Labute approximate surface area is 142 Å². The van der Waals surface area contributed by atoms with Crippen molar-refractivity contribution >= 4 is 27.5 Å². The van der Waals surface area contributed by atoms with E-state index in [9.17, 15) is 0 Å². The smallest absolute Gasteiger partial charge is 0.222 e. The van der Waals surface area contributed by atoms with Crippen LogP contribution in [0, 0.1) is 17.4 Å². The van der Waals surface area contributed by atoms with E-state index >= 15 is 0 Å². The van der Waals surface area contributed by atoms with Gasteiger partial charge in [-0.3, -0.25) is 0 Å². The summed E-state index contributed by atoms with van der Waals surface area (Å²) < 4.78 is 37.9. The lowest BCUT2D eigenvalue weighted by molar-refractivity contribution is -2.00. The van der Waals surface area contributed by atoms with Crippen LogP contribution < -0.4 is 39.8 Å². The minimum Gasteiger partial charge on any atom is -0.222 e. The first-order chi connectivity index (χ1) is 9.24. The van der Waals surface area contributed by atoms with E-state index in [2.05, 4.69) is 52.3 Å². The Kier molecular flexibility index (Phi) is 7.70. The summed E-state index contributed by atoms with van der Waals surface area (Å²) in [4.78, 5) is 0. The number of benzene rings is 2. The minimum absolute atomic E-state index is 0.0763. The first-order valence-electron chi connectivity index (χ1n) is 5.02. The predicted molar refractivity (Wildman–Crippen MR) is 63.0 cm³/mol. The van der Waals surface area contributed by atoms with Gasteiger partial charge in [-0.2, -0.15) is 0 Å². The van der Waals surface area contributed by atoms with Crippen molar-refractivity contribution in [2.45, 2.75) is 0 Å². The lowest BCUT2D eigenvalue weighted by atomic mass is 10.4. The van der Waals surface area contributed by atoms with E-state index < -0.39 is 10.2 Å². The van der Waals surface area contributed by atoms with E-state index in [4.69, 9.17) is 30.2 Å². The standard InChI is InChI=1S/C12H8BrClI.ClHO4/c13-9-1-5-11(6-2-9)15-12-7-3-10(14)4-8-12;2-1(3,4)5/h1-8H;(H,2,3,4,5)/q+1;/p-1. The summed E-state index contributed by atoms with van der Waals surface area (Å²) in [6.07, 6.45) is 0. The third-order valence-corrected chi connectivity index (χ3v) is 5.29. The Bertz CT molecular complexity index is 479. The van der Waals surface area contributed by atoms with Crippen molar-refractivity contribution in [1.29, 1.82) is 0 Å². The summed E-state index contributed by atoms with van der Waals surface area (Å²) in [5.74, 6) is 0. The van der Waals surface area contributed by atoms with E-state index in [0.717, 1.165) is 9.50 Å². The summed E-state index contributed by atoms with van der Waals surface area (Å²) >= 11 is 9.20. The van der Waals surface area contributed by atoms with Crippen LogP contribution in [-0.2, 0) is 0 Å². The molecule has 0 unspecified atom stereocenters. The van der Waals surface area contributed by atoms with Crippen LogP contribution >= 0.6 is 27.5 Å². The van der Waals surface area contributed by atoms with Gasteiger partial charge < -0.3 is 0 Å². The molecule has 0 bridgehead atoms. The van der Waals surface area contributed by atoms with E-state index in [1.807, 2.05) is 12.1 Å². The molecule has 0 saturated carbocycles. The molecule has 2 aromatic rings. The number of hydrogen-bond donors (Lipinski definition) is 0. The molecule has 4 nitrogen and oxygen atoms in total. The molecule has 2 rings (SSSR count). The zero-order valence-corrected chi connectivity index (χ0v) is 15.0. The molecule has 0 atom stereocenters. The van der Waals surface area contributed by atoms with Crippen molar-refractivity contribution in [2.24, 2.45) is 0 Å². The van der Waals surface area contributed by atoms with E-state index in [-0.39, 0.29) is 21.2 Å². The highest BCUT2D eigenvalue weighted by atomic mass is 127. The molecular formula is C12H8BrCl2IO4. The summed E-state index contributed by atoms with van der Waals surface area (Å²) in [6, 6.07) is 16.6. The van der Waals surface area contributed by atoms with Crippen LogP contribution in [0.15, 0.2) is 53.0 Å². The van der Waals surface area contributed by atoms with Gasteiger partial charge in [0.25, 0.3) is 0 Å². The van der Waals surface area contributed by atoms with Gasteiger partial charge in [0.2, 0.25) is 0 Å². The summed E-state index contributed by atoms with van der Waals surface area (Å²) in [6.45, 7) is 0. The minimum atomic E-state index is -4.94. The third kappa shape index (κ3) is 9.09. The van der Waals surface area contributed by atoms with E-state index in [1.165, 1.54) is 7.14 Å². The average molecular weight is 494 g/mol. The van der Waals surface area contributed by atoms with Crippen LogP contribution in [-0.4, -0.2) is 0 Å². The molecule has 8 heteroatoms. The van der Waals surface area contributed by atoms with Gasteiger partial charge in [0.15, 0.2) is 7.14 Å². The fourth-order valence-corrected chi connectivity index (χ4v) is 3.66. The topological polar surface area (TPSA) is 92.2 Å². The molecule has 0 aliphatic heterocycles. The maximum absolute atomic E-state index is 8.49. The van der Waals surface area contributed by atoms with Crippen LogP contribution in [0.4, 0.5) is 0 Å². The molecule has 0 fully saturated rings. The third-order valence-electron chi connectivity index (χ3n) is 1.83. The summed E-state index contributed by atoms with van der Waals surface area (Å²) in [5.41, 5.74) is 0. The number of hydrogen-bond acceptors (Lipinski definition) is 4. The van der Waals surface area contributed by atoms with Gasteiger partial charge in [-0.1, -0.05) is 27.5 Å². The molecule has 0 aromatic heterocycles. The molecule has 0 N–H and O–H groups in total.